The Balaban J connectivity index is 1.72. The Hall–Kier alpha value is -5.76. The highest BCUT2D eigenvalue weighted by Gasteiger charge is 2.63. The number of rotatable bonds is 5. The van der Waals surface area contributed by atoms with Gasteiger partial charge in [-0.25, -0.2) is 9.59 Å². The average Bonchev–Trinajstić information content (AvgIpc) is 2.99. The van der Waals surface area contributed by atoms with Gasteiger partial charge in [0, 0.05) is 12.0 Å². The maximum Gasteiger partial charge on any atom is 0.358 e. The van der Waals surface area contributed by atoms with E-state index < -0.39 is 109 Å². The molecule has 1 heterocycles. The van der Waals surface area contributed by atoms with E-state index in [-0.39, 0.29) is 23.1 Å². The van der Waals surface area contributed by atoms with Crippen molar-refractivity contribution in [3.05, 3.63) is 63.7 Å². The Morgan fingerprint density at radius 3 is 2.17 bits per heavy atom. The lowest BCUT2D eigenvalue weighted by molar-refractivity contribution is -0.173. The molecule has 0 amide bonds. The minimum atomic E-state index is -2.51. The molecule has 14 heteroatoms. The van der Waals surface area contributed by atoms with E-state index in [2.05, 4.69) is 4.74 Å². The van der Waals surface area contributed by atoms with E-state index in [0.717, 1.165) is 44.6 Å². The Morgan fingerprint density at radius 1 is 0.870 bits per heavy atom. The molecule has 2 aliphatic rings. The second-order valence-electron chi connectivity index (χ2n) is 11.0. The lowest BCUT2D eigenvalue weighted by Gasteiger charge is -2.45. The molecule has 7 N–H and O–H groups in total. The predicted molar refractivity (Wildman–Crippen MR) is 156 cm³/mol. The summed E-state index contributed by atoms with van der Waals surface area (Å²) in [4.78, 5) is 52.3. The number of esters is 2. The quantitative estimate of drug-likeness (QED) is 0.121. The summed E-state index contributed by atoms with van der Waals surface area (Å²) >= 11 is 0. The lowest BCUT2D eigenvalue weighted by atomic mass is 9.69. The van der Waals surface area contributed by atoms with Gasteiger partial charge in [0.2, 0.25) is 5.78 Å². The number of methoxy groups -OCH3 is 2. The predicted octanol–water partition coefficient (Wildman–Crippen LogP) is 2.75. The molecule has 0 aromatic heterocycles. The molecule has 3 aromatic carbocycles. The van der Waals surface area contributed by atoms with Crippen LogP contribution in [0.25, 0.3) is 16.9 Å². The van der Waals surface area contributed by atoms with Crippen molar-refractivity contribution in [1.29, 1.82) is 0 Å². The first-order chi connectivity index (χ1) is 21.6. The van der Waals surface area contributed by atoms with E-state index in [1.807, 2.05) is 0 Å². The first-order valence-corrected chi connectivity index (χ1v) is 13.7. The first kappa shape index (κ1) is 31.7. The molecular formula is C32H28O14. The number of aliphatic hydroxyl groups is 2. The summed E-state index contributed by atoms with van der Waals surface area (Å²) in [5.74, 6) is -10.4. The van der Waals surface area contributed by atoms with Gasteiger partial charge in [-0.1, -0.05) is 6.92 Å². The highest BCUT2D eigenvalue weighted by Crippen LogP contribution is 2.52. The third kappa shape index (κ3) is 4.36. The van der Waals surface area contributed by atoms with Crippen molar-refractivity contribution < 1.29 is 69.1 Å². The van der Waals surface area contributed by atoms with Gasteiger partial charge in [0.25, 0.3) is 5.60 Å². The molecule has 1 aliphatic carbocycles. The number of carbonyl (C=O) groups excluding carboxylic acids is 4. The van der Waals surface area contributed by atoms with E-state index in [4.69, 9.17) is 9.47 Å². The molecule has 0 spiro atoms. The Bertz CT molecular complexity index is 1910. The normalized spacial score (nSPS) is 20.3. The third-order valence-corrected chi connectivity index (χ3v) is 8.21. The first-order valence-electron chi connectivity index (χ1n) is 13.7. The monoisotopic (exact) mass is 636 g/mol. The van der Waals surface area contributed by atoms with E-state index in [0.29, 0.717) is 0 Å². The van der Waals surface area contributed by atoms with Gasteiger partial charge in [-0.15, -0.1) is 0 Å². The third-order valence-electron chi connectivity index (χ3n) is 8.21. The summed E-state index contributed by atoms with van der Waals surface area (Å²) < 4.78 is 15.4. The average molecular weight is 637 g/mol. The molecule has 0 saturated heterocycles. The fourth-order valence-corrected chi connectivity index (χ4v) is 5.95. The maximum atomic E-state index is 13.7. The largest absolute Gasteiger partial charge is 0.507 e. The minimum Gasteiger partial charge on any atom is -0.507 e. The summed E-state index contributed by atoms with van der Waals surface area (Å²) in [7, 11) is 1.96. The Labute approximate surface area is 259 Å². The zero-order valence-electron chi connectivity index (χ0n) is 24.7. The molecule has 3 aromatic rings. The van der Waals surface area contributed by atoms with Gasteiger partial charge >= 0.3 is 11.9 Å². The number of ether oxygens (including phenoxy) is 3. The molecule has 5 rings (SSSR count). The number of benzene rings is 3. The highest BCUT2D eigenvalue weighted by atomic mass is 16.6. The van der Waals surface area contributed by atoms with Gasteiger partial charge in [-0.2, -0.15) is 0 Å². The van der Waals surface area contributed by atoms with E-state index in [9.17, 15) is 54.9 Å². The second-order valence-corrected chi connectivity index (χ2v) is 11.0. The standard InChI is InChI=1S/C32H28O14/c1-11-7-16(34)21(23(25(11)37)30(42)44-3)27(39)22-15(33)6-5-14(26(22)38)13-9-17(35)20-19(10-13)46-32(31(43)45-4)24(28(20)40)18(36)8-12(2)29(32)41/h5-7,9-10,12,29,33-35,37-38,40-41H,8H2,1-4H3/t12-,29+,32+/m0/s1. The molecule has 46 heavy (non-hydrogen) atoms. The van der Waals surface area contributed by atoms with Gasteiger partial charge < -0.3 is 50.0 Å². The Kier molecular flexibility index (Phi) is 7.57. The van der Waals surface area contributed by atoms with Crippen molar-refractivity contribution in [3.63, 3.8) is 0 Å². The van der Waals surface area contributed by atoms with Crippen LogP contribution in [0.5, 0.6) is 34.5 Å². The summed E-state index contributed by atoms with van der Waals surface area (Å²) in [5.41, 5.74) is -6.21. The fourth-order valence-electron chi connectivity index (χ4n) is 5.95. The zero-order valence-corrected chi connectivity index (χ0v) is 24.7. The van der Waals surface area contributed by atoms with E-state index >= 15 is 0 Å². The molecule has 0 unspecified atom stereocenters. The van der Waals surface area contributed by atoms with Crippen LogP contribution in [0.1, 0.15) is 50.8 Å². The van der Waals surface area contributed by atoms with Gasteiger partial charge in [0.15, 0.2) is 5.78 Å². The number of hydrogen-bond acceptors (Lipinski definition) is 14. The summed E-state index contributed by atoms with van der Waals surface area (Å²) in [6.45, 7) is 2.83. The summed E-state index contributed by atoms with van der Waals surface area (Å²) in [6, 6.07) is 5.25. The van der Waals surface area contributed by atoms with Crippen LogP contribution in [0.15, 0.2) is 35.9 Å². The molecule has 240 valence electrons. The van der Waals surface area contributed by atoms with Crippen molar-refractivity contribution in [2.45, 2.75) is 32.0 Å². The number of carbonyl (C=O) groups is 4. The number of ketones is 2. The van der Waals surface area contributed by atoms with Crippen LogP contribution < -0.4 is 4.74 Å². The molecule has 14 nitrogen and oxygen atoms in total. The molecular weight excluding hydrogens is 608 g/mol. The minimum absolute atomic E-state index is 0.0190. The Morgan fingerprint density at radius 2 is 1.54 bits per heavy atom. The summed E-state index contributed by atoms with van der Waals surface area (Å²) in [6.07, 6.45) is -1.93. The lowest BCUT2D eigenvalue weighted by Crippen LogP contribution is -2.64. The van der Waals surface area contributed by atoms with Crippen LogP contribution in [0, 0.1) is 12.8 Å². The number of Topliss-reactive ketones (excluding diaryl/α,β-unsaturated/α-hetero) is 1. The molecule has 0 radical (unpaired) electrons. The van der Waals surface area contributed by atoms with Crippen molar-refractivity contribution in [2.24, 2.45) is 5.92 Å². The number of aryl methyl sites for hydroxylation is 1. The molecule has 1 aliphatic heterocycles. The van der Waals surface area contributed by atoms with Crippen LogP contribution in [0.4, 0.5) is 0 Å². The molecule has 1 fully saturated rings. The zero-order chi connectivity index (χ0) is 34.0. The number of phenols is 5. The van der Waals surface area contributed by atoms with Crippen LogP contribution in [0.2, 0.25) is 0 Å². The fraction of sp³-hybridized carbons (Fsp3) is 0.250. The second kappa shape index (κ2) is 11.0. The number of fused-ring (bicyclic) bond motifs is 2. The highest BCUT2D eigenvalue weighted by molar-refractivity contribution is 6.20. The van der Waals surface area contributed by atoms with Crippen molar-refractivity contribution in [2.75, 3.05) is 14.2 Å². The molecule has 0 bridgehead atoms. The van der Waals surface area contributed by atoms with Gasteiger partial charge in [0.1, 0.15) is 63.1 Å². The van der Waals surface area contributed by atoms with Crippen molar-refractivity contribution in [3.8, 4) is 45.6 Å². The van der Waals surface area contributed by atoms with Crippen molar-refractivity contribution in [1.82, 2.24) is 0 Å². The SMILES string of the molecule is COC(=O)c1c(O)c(C)cc(O)c1C(=O)c1c(O)ccc(-c2cc(O)c3c(c2)O[C@]2(C(=O)OC)C(=C3O)C(=O)C[C@H](C)[C@H]2O)c1O. The van der Waals surface area contributed by atoms with E-state index in [1.165, 1.54) is 13.8 Å². The maximum absolute atomic E-state index is 13.7. The topological polar surface area (TPSA) is 238 Å². The van der Waals surface area contributed by atoms with Crippen LogP contribution in [0.3, 0.4) is 0 Å². The smallest absolute Gasteiger partial charge is 0.358 e. The molecule has 3 atom stereocenters. The van der Waals surface area contributed by atoms with Gasteiger partial charge in [-0.3, -0.25) is 9.59 Å². The van der Waals surface area contributed by atoms with Crippen molar-refractivity contribution >= 4 is 29.3 Å². The van der Waals surface area contributed by atoms with Crippen LogP contribution in [-0.4, -0.2) is 85.2 Å². The number of phenolic OH excluding ortho intramolecular Hbond substituents is 5. The van der Waals surface area contributed by atoms with Crippen LogP contribution in [-0.2, 0) is 19.1 Å². The van der Waals surface area contributed by atoms with Gasteiger partial charge in [0.05, 0.1) is 25.4 Å². The van der Waals surface area contributed by atoms with Gasteiger partial charge in [-0.05, 0) is 54.3 Å². The number of aromatic hydroxyl groups is 5. The summed E-state index contributed by atoms with van der Waals surface area (Å²) in [5, 5.41) is 76.3. The number of aliphatic hydroxyl groups excluding tert-OH is 2. The van der Waals surface area contributed by atoms with Crippen LogP contribution >= 0.6 is 0 Å². The number of hydrogen-bond donors (Lipinski definition) is 7. The van der Waals surface area contributed by atoms with E-state index in [1.54, 1.807) is 0 Å². The molecule has 1 saturated carbocycles.